The third-order valence-corrected chi connectivity index (χ3v) is 5.92. The van der Waals surface area contributed by atoms with Crippen molar-refractivity contribution in [1.82, 2.24) is 15.3 Å². The van der Waals surface area contributed by atoms with Crippen molar-refractivity contribution in [3.63, 3.8) is 0 Å². The number of aryl methyl sites for hydroxylation is 2. The van der Waals surface area contributed by atoms with E-state index in [9.17, 15) is 4.79 Å². The van der Waals surface area contributed by atoms with E-state index in [1.165, 1.54) is 29.7 Å². The lowest BCUT2D eigenvalue weighted by molar-refractivity contribution is 0.0952. The topological polar surface area (TPSA) is 70.2 Å². The average molecular weight is 414 g/mol. The molecule has 1 fully saturated rings. The molecule has 158 valence electrons. The molecule has 0 radical (unpaired) electrons. The van der Waals surface area contributed by atoms with Crippen molar-refractivity contribution in [3.05, 3.63) is 71.4 Å². The van der Waals surface area contributed by atoms with E-state index in [0.29, 0.717) is 17.4 Å². The number of hydrogen-bond acceptors (Lipinski definition) is 5. The molecule has 5 rings (SSSR count). The van der Waals surface area contributed by atoms with Gasteiger partial charge < -0.3 is 15.5 Å². The van der Waals surface area contributed by atoms with Crippen LogP contribution < -0.4 is 15.5 Å². The second-order valence-electron chi connectivity index (χ2n) is 8.48. The maximum Gasteiger partial charge on any atom is 0.251 e. The van der Waals surface area contributed by atoms with Crippen LogP contribution in [0.15, 0.2) is 54.7 Å². The Bertz CT molecular complexity index is 1090. The van der Waals surface area contributed by atoms with Gasteiger partial charge in [0.1, 0.15) is 5.82 Å². The Kier molecular flexibility index (Phi) is 5.28. The monoisotopic (exact) mass is 413 g/mol. The molecule has 2 N–H and O–H groups in total. The van der Waals surface area contributed by atoms with Gasteiger partial charge in [-0.1, -0.05) is 17.7 Å². The Hall–Kier alpha value is -3.41. The number of nitrogens with one attached hydrogen (secondary N) is 2. The van der Waals surface area contributed by atoms with Crippen LogP contribution in [0.2, 0.25) is 0 Å². The molecular formula is C25H27N5O. The van der Waals surface area contributed by atoms with Crippen LogP contribution in [-0.4, -0.2) is 29.0 Å². The van der Waals surface area contributed by atoms with Gasteiger partial charge in [-0.05, 0) is 80.5 Å². The zero-order valence-corrected chi connectivity index (χ0v) is 17.8. The van der Waals surface area contributed by atoms with Crippen LogP contribution in [0, 0.1) is 12.8 Å². The lowest BCUT2D eigenvalue weighted by Gasteiger charge is -2.30. The summed E-state index contributed by atoms with van der Waals surface area (Å²) in [6.45, 7) is 3.85. The van der Waals surface area contributed by atoms with E-state index in [2.05, 4.69) is 45.6 Å². The first-order chi connectivity index (χ1) is 15.2. The smallest absolute Gasteiger partial charge is 0.251 e. The third kappa shape index (κ3) is 4.53. The first kappa shape index (κ1) is 19.5. The number of benzene rings is 2. The fraction of sp³-hybridized carbons (Fsp3) is 0.320. The van der Waals surface area contributed by atoms with E-state index >= 15 is 0 Å². The Morgan fingerprint density at radius 2 is 1.97 bits per heavy atom. The highest BCUT2D eigenvalue weighted by Gasteiger charge is 2.22. The maximum atomic E-state index is 12.2. The summed E-state index contributed by atoms with van der Waals surface area (Å²) in [7, 11) is 0. The van der Waals surface area contributed by atoms with Crippen molar-refractivity contribution < 1.29 is 4.79 Å². The van der Waals surface area contributed by atoms with Crippen molar-refractivity contribution in [1.29, 1.82) is 0 Å². The summed E-state index contributed by atoms with van der Waals surface area (Å²) >= 11 is 0. The number of anilines is 4. The molecule has 0 unspecified atom stereocenters. The minimum absolute atomic E-state index is 0.0179. The Morgan fingerprint density at radius 3 is 2.77 bits per heavy atom. The van der Waals surface area contributed by atoms with Crippen LogP contribution in [0.25, 0.3) is 0 Å². The van der Waals surface area contributed by atoms with Crippen LogP contribution in [0.1, 0.15) is 40.7 Å². The lowest BCUT2D eigenvalue weighted by Crippen LogP contribution is -2.25. The lowest BCUT2D eigenvalue weighted by atomic mass is 9.99. The van der Waals surface area contributed by atoms with Crippen molar-refractivity contribution in [2.24, 2.45) is 5.92 Å². The number of carbonyl (C=O) groups excluding carboxylic acids is 1. The second kappa shape index (κ2) is 8.38. The van der Waals surface area contributed by atoms with Crippen LogP contribution in [0.5, 0.6) is 0 Å². The van der Waals surface area contributed by atoms with Gasteiger partial charge in [0, 0.05) is 36.2 Å². The average Bonchev–Trinajstić information content (AvgIpc) is 3.62. The highest BCUT2D eigenvalue weighted by molar-refractivity contribution is 5.94. The molecule has 6 heteroatoms. The number of nitrogens with zero attached hydrogens (tertiary/aromatic N) is 3. The van der Waals surface area contributed by atoms with E-state index < -0.39 is 0 Å². The van der Waals surface area contributed by atoms with Crippen LogP contribution in [0.3, 0.4) is 0 Å². The molecule has 0 bridgehead atoms. The molecule has 2 heterocycles. The van der Waals surface area contributed by atoms with Crippen molar-refractivity contribution in [3.8, 4) is 0 Å². The van der Waals surface area contributed by atoms with E-state index in [1.807, 2.05) is 30.3 Å². The quantitative estimate of drug-likeness (QED) is 0.610. The summed E-state index contributed by atoms with van der Waals surface area (Å²) in [4.78, 5) is 23.6. The van der Waals surface area contributed by atoms with Crippen LogP contribution in [-0.2, 0) is 6.42 Å². The van der Waals surface area contributed by atoms with Crippen LogP contribution in [0.4, 0.5) is 23.1 Å². The molecular weight excluding hydrogens is 386 g/mol. The molecule has 31 heavy (non-hydrogen) atoms. The standard InChI is InChI=1S/C25H27N5O/c1-17-4-11-22-20(15-17)3-2-14-30(22)23-12-13-26-25(29-23)28-21-9-7-19(8-10-21)24(31)27-16-18-5-6-18/h4,7-13,15,18H,2-3,5-6,14,16H2,1H3,(H,27,31)(H,26,28,29). The van der Waals surface area contributed by atoms with Gasteiger partial charge in [-0.2, -0.15) is 4.98 Å². The van der Waals surface area contributed by atoms with Gasteiger partial charge in [-0.25, -0.2) is 4.98 Å². The normalized spacial score (nSPS) is 15.3. The summed E-state index contributed by atoms with van der Waals surface area (Å²) in [5.74, 6) is 2.09. The zero-order chi connectivity index (χ0) is 21.2. The summed E-state index contributed by atoms with van der Waals surface area (Å²) < 4.78 is 0. The minimum Gasteiger partial charge on any atom is -0.352 e. The number of carbonyl (C=O) groups is 1. The van der Waals surface area contributed by atoms with Gasteiger partial charge in [-0.15, -0.1) is 0 Å². The predicted octanol–water partition coefficient (Wildman–Crippen LogP) is 4.75. The first-order valence-corrected chi connectivity index (χ1v) is 11.0. The molecule has 2 aromatic carbocycles. The summed E-state index contributed by atoms with van der Waals surface area (Å²) in [6.07, 6.45) is 6.44. The van der Waals surface area contributed by atoms with Gasteiger partial charge in [0.25, 0.3) is 5.91 Å². The van der Waals surface area contributed by atoms with E-state index in [-0.39, 0.29) is 5.91 Å². The Balaban J connectivity index is 1.29. The number of hydrogen-bond donors (Lipinski definition) is 2. The van der Waals surface area contributed by atoms with E-state index in [1.54, 1.807) is 6.20 Å². The molecule has 1 aromatic heterocycles. The molecule has 1 amide bonds. The molecule has 1 aliphatic carbocycles. The van der Waals surface area contributed by atoms with E-state index in [4.69, 9.17) is 4.98 Å². The SMILES string of the molecule is Cc1ccc2c(c1)CCCN2c1ccnc(Nc2ccc(C(=O)NCC3CC3)cc2)n1. The molecule has 3 aromatic rings. The highest BCUT2D eigenvalue weighted by Crippen LogP contribution is 2.33. The minimum atomic E-state index is -0.0179. The molecule has 1 saturated carbocycles. The molecule has 0 atom stereocenters. The predicted molar refractivity (Wildman–Crippen MR) is 123 cm³/mol. The fourth-order valence-electron chi connectivity index (χ4n) is 4.02. The van der Waals surface area contributed by atoms with Gasteiger partial charge in [0.05, 0.1) is 0 Å². The van der Waals surface area contributed by atoms with Gasteiger partial charge >= 0.3 is 0 Å². The second-order valence-corrected chi connectivity index (χ2v) is 8.48. The van der Waals surface area contributed by atoms with Gasteiger partial charge in [0.15, 0.2) is 0 Å². The number of aromatic nitrogens is 2. The van der Waals surface area contributed by atoms with Gasteiger partial charge in [-0.3, -0.25) is 4.79 Å². The molecule has 0 spiro atoms. The summed E-state index contributed by atoms with van der Waals surface area (Å²) in [5, 5.41) is 6.26. The van der Waals surface area contributed by atoms with Gasteiger partial charge in [0.2, 0.25) is 5.95 Å². The fourth-order valence-corrected chi connectivity index (χ4v) is 4.02. The van der Waals surface area contributed by atoms with E-state index in [0.717, 1.165) is 37.4 Å². The third-order valence-electron chi connectivity index (χ3n) is 5.92. The number of fused-ring (bicyclic) bond motifs is 1. The number of amides is 1. The maximum absolute atomic E-state index is 12.2. The molecule has 6 nitrogen and oxygen atoms in total. The van der Waals surface area contributed by atoms with Crippen molar-refractivity contribution >= 4 is 29.0 Å². The summed E-state index contributed by atoms with van der Waals surface area (Å²) in [5.41, 5.74) is 5.40. The Morgan fingerprint density at radius 1 is 1.13 bits per heavy atom. The molecule has 0 saturated heterocycles. The number of rotatable bonds is 6. The zero-order valence-electron chi connectivity index (χ0n) is 17.8. The van der Waals surface area contributed by atoms with Crippen LogP contribution >= 0.6 is 0 Å². The largest absolute Gasteiger partial charge is 0.352 e. The summed E-state index contributed by atoms with van der Waals surface area (Å²) in [6, 6.07) is 16.0. The first-order valence-electron chi connectivity index (χ1n) is 11.0. The Labute approximate surface area is 182 Å². The molecule has 1 aliphatic heterocycles. The van der Waals surface area contributed by atoms with Crippen molar-refractivity contribution in [2.45, 2.75) is 32.6 Å². The molecule has 2 aliphatic rings. The highest BCUT2D eigenvalue weighted by atomic mass is 16.1. The van der Waals surface area contributed by atoms with Crippen molar-refractivity contribution in [2.75, 3.05) is 23.3 Å².